The molecule has 0 bridgehead atoms. The third kappa shape index (κ3) is 3.45. The van der Waals surface area contributed by atoms with Crippen molar-refractivity contribution in [3.8, 4) is 0 Å². The van der Waals surface area contributed by atoms with E-state index in [-0.39, 0.29) is 6.04 Å². The largest absolute Gasteiger partial charge is 0.313 e. The van der Waals surface area contributed by atoms with Gasteiger partial charge in [-0.15, -0.1) is 0 Å². The molecule has 1 aromatic rings. The van der Waals surface area contributed by atoms with Gasteiger partial charge in [-0.1, -0.05) is 12.1 Å². The van der Waals surface area contributed by atoms with Crippen molar-refractivity contribution in [2.75, 3.05) is 34.2 Å². The van der Waals surface area contributed by atoms with Gasteiger partial charge in [-0.05, 0) is 52.2 Å². The summed E-state index contributed by atoms with van der Waals surface area (Å²) in [6.45, 7) is 3.18. The minimum atomic E-state index is -3.39. The number of hydrogen-bond donors (Lipinski definition) is 1. The maximum atomic E-state index is 12.8. The summed E-state index contributed by atoms with van der Waals surface area (Å²) in [5.74, 6) is 0. The van der Waals surface area contributed by atoms with Crippen LogP contribution < -0.4 is 5.32 Å². The Labute approximate surface area is 128 Å². The summed E-state index contributed by atoms with van der Waals surface area (Å²) < 4.78 is 27.1. The number of rotatable bonds is 5. The van der Waals surface area contributed by atoms with E-state index in [0.717, 1.165) is 12.0 Å². The van der Waals surface area contributed by atoms with Crippen molar-refractivity contribution in [1.29, 1.82) is 0 Å². The fraction of sp³-hybridized carbons (Fsp3) is 0.600. The van der Waals surface area contributed by atoms with Crippen molar-refractivity contribution in [3.63, 3.8) is 0 Å². The smallest absolute Gasteiger partial charge is 0.243 e. The maximum absolute atomic E-state index is 12.8. The summed E-state index contributed by atoms with van der Waals surface area (Å²) >= 11 is 0. The molecule has 1 fully saturated rings. The second-order valence-electron chi connectivity index (χ2n) is 5.85. The third-order valence-corrected chi connectivity index (χ3v) is 6.15. The monoisotopic (exact) mass is 311 g/mol. The Kier molecular flexibility index (Phi) is 5.03. The highest BCUT2D eigenvalue weighted by atomic mass is 32.2. The van der Waals surface area contributed by atoms with E-state index < -0.39 is 10.0 Å². The molecule has 1 aliphatic rings. The van der Waals surface area contributed by atoms with E-state index >= 15 is 0 Å². The van der Waals surface area contributed by atoms with Crippen molar-refractivity contribution >= 4 is 10.0 Å². The number of likely N-dealkylation sites (N-methyl/N-ethyl adjacent to an activating group) is 1. The Balaban J connectivity index is 2.24. The van der Waals surface area contributed by atoms with Crippen LogP contribution in [0.5, 0.6) is 0 Å². The van der Waals surface area contributed by atoms with Gasteiger partial charge in [0.2, 0.25) is 10.0 Å². The van der Waals surface area contributed by atoms with Crippen LogP contribution in [0.4, 0.5) is 0 Å². The van der Waals surface area contributed by atoms with E-state index in [9.17, 15) is 8.42 Å². The SMILES string of the molecule is CNC(C)c1cccc(S(=O)(=O)N2CCC(N(C)C)C2)c1. The molecule has 6 heteroatoms. The molecule has 0 aliphatic carbocycles. The van der Waals surface area contributed by atoms with E-state index in [0.29, 0.717) is 24.0 Å². The number of nitrogens with zero attached hydrogens (tertiary/aromatic N) is 2. The van der Waals surface area contributed by atoms with Gasteiger partial charge >= 0.3 is 0 Å². The van der Waals surface area contributed by atoms with Crippen LogP contribution in [0.3, 0.4) is 0 Å². The molecule has 1 heterocycles. The summed E-state index contributed by atoms with van der Waals surface area (Å²) in [5, 5.41) is 3.14. The summed E-state index contributed by atoms with van der Waals surface area (Å²) in [4.78, 5) is 2.48. The zero-order chi connectivity index (χ0) is 15.6. The second kappa shape index (κ2) is 6.44. The van der Waals surface area contributed by atoms with Gasteiger partial charge in [0.05, 0.1) is 4.90 Å². The molecule has 1 saturated heterocycles. The predicted molar refractivity (Wildman–Crippen MR) is 84.8 cm³/mol. The van der Waals surface area contributed by atoms with Crippen molar-refractivity contribution in [1.82, 2.24) is 14.5 Å². The van der Waals surface area contributed by atoms with Gasteiger partial charge < -0.3 is 10.2 Å². The fourth-order valence-electron chi connectivity index (χ4n) is 2.61. The molecule has 2 rings (SSSR count). The summed E-state index contributed by atoms with van der Waals surface area (Å²) in [7, 11) is 2.47. The Bertz CT molecular complexity index is 586. The highest BCUT2D eigenvalue weighted by molar-refractivity contribution is 7.89. The third-order valence-electron chi connectivity index (χ3n) is 4.29. The zero-order valence-corrected chi connectivity index (χ0v) is 14.0. The average Bonchev–Trinajstić information content (AvgIpc) is 2.97. The van der Waals surface area contributed by atoms with Crippen molar-refractivity contribution < 1.29 is 8.42 Å². The minimum Gasteiger partial charge on any atom is -0.313 e. The van der Waals surface area contributed by atoms with Crippen LogP contribution in [0.15, 0.2) is 29.2 Å². The second-order valence-corrected chi connectivity index (χ2v) is 7.79. The van der Waals surface area contributed by atoms with E-state index in [1.54, 1.807) is 16.4 Å². The van der Waals surface area contributed by atoms with Crippen LogP contribution in [0.1, 0.15) is 24.9 Å². The molecule has 1 aliphatic heterocycles. The lowest BCUT2D eigenvalue weighted by molar-refractivity contribution is 0.302. The molecular formula is C15H25N3O2S. The first-order chi connectivity index (χ1) is 9.86. The van der Waals surface area contributed by atoms with Crippen LogP contribution in [-0.2, 0) is 10.0 Å². The molecular weight excluding hydrogens is 286 g/mol. The molecule has 118 valence electrons. The van der Waals surface area contributed by atoms with Crippen molar-refractivity contribution in [2.24, 2.45) is 0 Å². The number of benzene rings is 1. The Morgan fingerprint density at radius 3 is 2.67 bits per heavy atom. The molecule has 0 amide bonds. The van der Waals surface area contributed by atoms with Gasteiger partial charge in [-0.25, -0.2) is 8.42 Å². The standard InChI is InChI=1S/C15H25N3O2S/c1-12(16-2)13-6-5-7-15(10-13)21(19,20)18-9-8-14(11-18)17(3)4/h5-7,10,12,14,16H,8-9,11H2,1-4H3. The molecule has 0 radical (unpaired) electrons. The number of sulfonamides is 1. The molecule has 0 spiro atoms. The Hall–Kier alpha value is -0.950. The van der Waals surface area contributed by atoms with Gasteiger partial charge in [0.15, 0.2) is 0 Å². The summed E-state index contributed by atoms with van der Waals surface area (Å²) in [6, 6.07) is 7.67. The molecule has 1 N–H and O–H groups in total. The van der Waals surface area contributed by atoms with E-state index in [2.05, 4.69) is 10.2 Å². The molecule has 1 aromatic carbocycles. The van der Waals surface area contributed by atoms with Gasteiger partial charge in [-0.3, -0.25) is 0 Å². The number of hydrogen-bond acceptors (Lipinski definition) is 4. The average molecular weight is 311 g/mol. The minimum absolute atomic E-state index is 0.133. The van der Waals surface area contributed by atoms with Crippen LogP contribution in [0.2, 0.25) is 0 Å². The Morgan fingerprint density at radius 1 is 1.38 bits per heavy atom. The predicted octanol–water partition coefficient (Wildman–Crippen LogP) is 1.29. The zero-order valence-electron chi connectivity index (χ0n) is 13.2. The highest BCUT2D eigenvalue weighted by Gasteiger charge is 2.33. The first-order valence-electron chi connectivity index (χ1n) is 7.30. The molecule has 2 atom stereocenters. The fourth-order valence-corrected chi connectivity index (χ4v) is 4.16. The highest BCUT2D eigenvalue weighted by Crippen LogP contribution is 2.24. The van der Waals surface area contributed by atoms with Crippen LogP contribution in [0.25, 0.3) is 0 Å². The molecule has 21 heavy (non-hydrogen) atoms. The lowest BCUT2D eigenvalue weighted by Crippen LogP contribution is -2.34. The van der Waals surface area contributed by atoms with Crippen LogP contribution >= 0.6 is 0 Å². The first kappa shape index (κ1) is 16.4. The van der Waals surface area contributed by atoms with Crippen molar-refractivity contribution in [3.05, 3.63) is 29.8 Å². The van der Waals surface area contributed by atoms with Crippen LogP contribution in [-0.4, -0.2) is 57.9 Å². The lowest BCUT2D eigenvalue weighted by Gasteiger charge is -2.21. The van der Waals surface area contributed by atoms with E-state index in [1.807, 2.05) is 40.2 Å². The Morgan fingerprint density at radius 2 is 2.10 bits per heavy atom. The topological polar surface area (TPSA) is 52.7 Å². The molecule has 2 unspecified atom stereocenters. The maximum Gasteiger partial charge on any atom is 0.243 e. The van der Waals surface area contributed by atoms with Gasteiger partial charge in [0, 0.05) is 25.2 Å². The summed E-state index contributed by atoms with van der Waals surface area (Å²) in [6.07, 6.45) is 0.888. The lowest BCUT2D eigenvalue weighted by atomic mass is 10.1. The van der Waals surface area contributed by atoms with E-state index in [1.165, 1.54) is 0 Å². The van der Waals surface area contributed by atoms with Crippen molar-refractivity contribution in [2.45, 2.75) is 30.3 Å². The first-order valence-corrected chi connectivity index (χ1v) is 8.74. The summed E-state index contributed by atoms with van der Waals surface area (Å²) in [5.41, 5.74) is 0.988. The molecule has 0 saturated carbocycles. The van der Waals surface area contributed by atoms with Gasteiger partial charge in [-0.2, -0.15) is 4.31 Å². The van der Waals surface area contributed by atoms with Gasteiger partial charge in [0.1, 0.15) is 0 Å². The number of nitrogens with one attached hydrogen (secondary N) is 1. The van der Waals surface area contributed by atoms with Crippen LogP contribution in [0, 0.1) is 0 Å². The van der Waals surface area contributed by atoms with E-state index in [4.69, 9.17) is 0 Å². The molecule has 0 aromatic heterocycles. The van der Waals surface area contributed by atoms with Gasteiger partial charge in [0.25, 0.3) is 0 Å². The normalized spacial score (nSPS) is 21.9. The molecule has 5 nitrogen and oxygen atoms in total. The quantitative estimate of drug-likeness (QED) is 0.890.